The first kappa shape index (κ1) is 14.9. The average Bonchev–Trinajstić information content (AvgIpc) is 2.35. The number of benzene rings is 1. The van der Waals surface area contributed by atoms with E-state index >= 15 is 0 Å². The maximum Gasteiger partial charge on any atom is 0.279 e. The van der Waals surface area contributed by atoms with Gasteiger partial charge in [-0.2, -0.15) is 17.4 Å². The van der Waals surface area contributed by atoms with Gasteiger partial charge < -0.3 is 4.74 Å². The molecular weight excluding hydrogens is 252 g/mol. The predicted octanol–water partition coefficient (Wildman–Crippen LogP) is 1.02. The summed E-state index contributed by atoms with van der Waals surface area (Å²) in [5, 5.41) is 0. The van der Waals surface area contributed by atoms with Gasteiger partial charge in [0, 0.05) is 20.6 Å². The van der Waals surface area contributed by atoms with Crippen molar-refractivity contribution in [2.24, 2.45) is 0 Å². The van der Waals surface area contributed by atoms with Crippen LogP contribution < -0.4 is 9.46 Å². The molecule has 1 aromatic carbocycles. The lowest BCUT2D eigenvalue weighted by Crippen LogP contribution is -2.37. The first-order valence-corrected chi connectivity index (χ1v) is 7.28. The van der Waals surface area contributed by atoms with Crippen LogP contribution in [0.1, 0.15) is 12.5 Å². The highest BCUT2D eigenvalue weighted by molar-refractivity contribution is 7.87. The molecule has 0 amide bonds. The van der Waals surface area contributed by atoms with Crippen molar-refractivity contribution >= 4 is 10.2 Å². The highest BCUT2D eigenvalue weighted by Crippen LogP contribution is 2.12. The van der Waals surface area contributed by atoms with Crippen LogP contribution in [0, 0.1) is 0 Å². The van der Waals surface area contributed by atoms with Crippen molar-refractivity contribution in [3.05, 3.63) is 29.8 Å². The van der Waals surface area contributed by atoms with E-state index in [0.717, 1.165) is 16.5 Å². The molecule has 0 spiro atoms. The van der Waals surface area contributed by atoms with Crippen LogP contribution in [0.5, 0.6) is 5.75 Å². The van der Waals surface area contributed by atoms with Crippen LogP contribution in [-0.2, 0) is 16.6 Å². The van der Waals surface area contributed by atoms with Gasteiger partial charge in [0.2, 0.25) is 0 Å². The van der Waals surface area contributed by atoms with Crippen molar-refractivity contribution in [3.63, 3.8) is 0 Å². The van der Waals surface area contributed by atoms with Crippen molar-refractivity contribution < 1.29 is 13.2 Å². The second-order valence-electron chi connectivity index (χ2n) is 4.03. The summed E-state index contributed by atoms with van der Waals surface area (Å²) >= 11 is 0. The molecule has 1 aromatic rings. The Morgan fingerprint density at radius 3 is 2.33 bits per heavy atom. The van der Waals surface area contributed by atoms with Crippen LogP contribution in [0.25, 0.3) is 0 Å². The third kappa shape index (κ3) is 4.64. The smallest absolute Gasteiger partial charge is 0.279 e. The standard InChI is InChI=1S/C12H20N2O3S/c1-4-11-5-7-12(8-6-11)17-10-9-13-18(15,16)14(2)3/h5-8,13H,4,9-10H2,1-3H3. The summed E-state index contributed by atoms with van der Waals surface area (Å²) < 4.78 is 31.8. The first-order chi connectivity index (χ1) is 8.45. The largest absolute Gasteiger partial charge is 0.492 e. The van der Waals surface area contributed by atoms with E-state index in [1.165, 1.54) is 19.7 Å². The van der Waals surface area contributed by atoms with Gasteiger partial charge in [-0.15, -0.1) is 0 Å². The Hall–Kier alpha value is -1.11. The van der Waals surface area contributed by atoms with E-state index in [1.807, 2.05) is 24.3 Å². The topological polar surface area (TPSA) is 58.6 Å². The number of ether oxygens (including phenoxy) is 1. The zero-order chi connectivity index (χ0) is 13.6. The molecule has 0 saturated carbocycles. The zero-order valence-electron chi connectivity index (χ0n) is 11.0. The van der Waals surface area contributed by atoms with E-state index in [4.69, 9.17) is 4.74 Å². The highest BCUT2D eigenvalue weighted by Gasteiger charge is 2.11. The van der Waals surface area contributed by atoms with Crippen molar-refractivity contribution in [3.8, 4) is 5.75 Å². The van der Waals surface area contributed by atoms with Gasteiger partial charge in [-0.25, -0.2) is 0 Å². The van der Waals surface area contributed by atoms with Gasteiger partial charge in [0.05, 0.1) is 0 Å². The van der Waals surface area contributed by atoms with Crippen LogP contribution in [0.4, 0.5) is 0 Å². The van der Waals surface area contributed by atoms with E-state index in [0.29, 0.717) is 6.61 Å². The lowest BCUT2D eigenvalue weighted by atomic mass is 10.2. The molecule has 0 aliphatic carbocycles. The molecule has 0 fully saturated rings. The van der Waals surface area contributed by atoms with Gasteiger partial charge in [0.1, 0.15) is 12.4 Å². The molecule has 0 aliphatic heterocycles. The molecule has 0 saturated heterocycles. The summed E-state index contributed by atoms with van der Waals surface area (Å²) in [5.41, 5.74) is 1.25. The maximum absolute atomic E-state index is 11.4. The fraction of sp³-hybridized carbons (Fsp3) is 0.500. The van der Waals surface area contributed by atoms with Gasteiger partial charge in [-0.05, 0) is 24.1 Å². The Morgan fingerprint density at radius 1 is 1.22 bits per heavy atom. The summed E-state index contributed by atoms with van der Waals surface area (Å²) in [7, 11) is -0.402. The quantitative estimate of drug-likeness (QED) is 0.754. The second-order valence-corrected chi connectivity index (χ2v) is 6.00. The third-order valence-electron chi connectivity index (χ3n) is 2.47. The summed E-state index contributed by atoms with van der Waals surface area (Å²) in [6, 6.07) is 7.78. The zero-order valence-corrected chi connectivity index (χ0v) is 11.8. The molecule has 0 heterocycles. The van der Waals surface area contributed by atoms with Gasteiger partial charge >= 0.3 is 0 Å². The van der Waals surface area contributed by atoms with Gasteiger partial charge in [-0.1, -0.05) is 19.1 Å². The number of hydrogen-bond donors (Lipinski definition) is 1. The van der Waals surface area contributed by atoms with Crippen LogP contribution in [-0.4, -0.2) is 40.0 Å². The first-order valence-electron chi connectivity index (χ1n) is 5.84. The molecule has 6 heteroatoms. The highest BCUT2D eigenvalue weighted by atomic mass is 32.2. The molecule has 5 nitrogen and oxygen atoms in total. The molecule has 0 atom stereocenters. The Balaban J connectivity index is 2.34. The number of nitrogens with one attached hydrogen (secondary N) is 1. The fourth-order valence-electron chi connectivity index (χ4n) is 1.29. The normalized spacial score (nSPS) is 11.8. The molecule has 1 rings (SSSR count). The van der Waals surface area contributed by atoms with Crippen molar-refractivity contribution in [2.75, 3.05) is 27.2 Å². The molecule has 0 aromatic heterocycles. The van der Waals surface area contributed by atoms with Gasteiger partial charge in [-0.3, -0.25) is 0 Å². The van der Waals surface area contributed by atoms with Crippen molar-refractivity contribution in [1.29, 1.82) is 0 Å². The fourth-order valence-corrected chi connectivity index (χ4v) is 1.89. The van der Waals surface area contributed by atoms with Crippen LogP contribution >= 0.6 is 0 Å². The monoisotopic (exact) mass is 272 g/mol. The Morgan fingerprint density at radius 2 is 1.83 bits per heavy atom. The van der Waals surface area contributed by atoms with Gasteiger partial charge in [0.25, 0.3) is 10.2 Å². The molecular formula is C12H20N2O3S. The lowest BCUT2D eigenvalue weighted by molar-refractivity contribution is 0.321. The average molecular weight is 272 g/mol. The van der Waals surface area contributed by atoms with E-state index in [9.17, 15) is 8.42 Å². The van der Waals surface area contributed by atoms with E-state index in [1.54, 1.807) is 0 Å². The van der Waals surface area contributed by atoms with Crippen LogP contribution in [0.15, 0.2) is 24.3 Å². The Labute approximate surface area is 109 Å². The summed E-state index contributed by atoms with van der Waals surface area (Å²) in [6.07, 6.45) is 0.989. The Kier molecular flexibility index (Phi) is 5.58. The predicted molar refractivity (Wildman–Crippen MR) is 71.9 cm³/mol. The molecule has 0 unspecified atom stereocenters. The van der Waals surface area contributed by atoms with E-state index < -0.39 is 10.2 Å². The van der Waals surface area contributed by atoms with Crippen molar-refractivity contribution in [2.45, 2.75) is 13.3 Å². The Bertz CT molecular complexity index is 455. The summed E-state index contributed by atoms with van der Waals surface area (Å²) in [6.45, 7) is 2.64. The van der Waals surface area contributed by atoms with Crippen LogP contribution in [0.3, 0.4) is 0 Å². The molecule has 102 valence electrons. The molecule has 0 aliphatic rings. The van der Waals surface area contributed by atoms with E-state index in [2.05, 4.69) is 11.6 Å². The summed E-state index contributed by atoms with van der Waals surface area (Å²) in [5.74, 6) is 0.747. The third-order valence-corrected chi connectivity index (χ3v) is 4.00. The number of rotatable bonds is 7. The minimum absolute atomic E-state index is 0.246. The SMILES string of the molecule is CCc1ccc(OCCNS(=O)(=O)N(C)C)cc1. The molecule has 0 radical (unpaired) electrons. The van der Waals surface area contributed by atoms with E-state index in [-0.39, 0.29) is 6.54 Å². The number of nitrogens with zero attached hydrogens (tertiary/aromatic N) is 1. The lowest BCUT2D eigenvalue weighted by Gasteiger charge is -2.12. The molecule has 1 N–H and O–H groups in total. The molecule has 18 heavy (non-hydrogen) atoms. The van der Waals surface area contributed by atoms with Crippen LogP contribution in [0.2, 0.25) is 0 Å². The number of aryl methyl sites for hydroxylation is 1. The van der Waals surface area contributed by atoms with Gasteiger partial charge in [0.15, 0.2) is 0 Å². The van der Waals surface area contributed by atoms with Crippen molar-refractivity contribution in [1.82, 2.24) is 9.03 Å². The molecule has 0 bridgehead atoms. The minimum Gasteiger partial charge on any atom is -0.492 e. The summed E-state index contributed by atoms with van der Waals surface area (Å²) in [4.78, 5) is 0. The maximum atomic E-state index is 11.4. The minimum atomic E-state index is -3.36. The second kappa shape index (κ2) is 6.72. The number of hydrogen-bond acceptors (Lipinski definition) is 3.